The van der Waals surface area contributed by atoms with E-state index in [-0.39, 0.29) is 11.5 Å². The van der Waals surface area contributed by atoms with E-state index in [1.165, 1.54) is 40.4 Å². The van der Waals surface area contributed by atoms with Crippen LogP contribution in [0, 0.1) is 6.92 Å². The molecule has 1 aliphatic heterocycles. The van der Waals surface area contributed by atoms with Crippen LogP contribution in [0.4, 0.5) is 5.69 Å². The molecule has 4 rings (SSSR count). The van der Waals surface area contributed by atoms with E-state index in [0.29, 0.717) is 0 Å². The van der Waals surface area contributed by atoms with Gasteiger partial charge in [-0.3, -0.25) is 0 Å². The molecule has 0 saturated carbocycles. The fraction of sp³-hybridized carbons (Fsp3) is 0.269. The number of hydrogen-bond donors (Lipinski definition) is 0. The normalized spacial score (nSPS) is 18.1. The van der Waals surface area contributed by atoms with Gasteiger partial charge in [0.1, 0.15) is 5.75 Å². The highest BCUT2D eigenvalue weighted by molar-refractivity contribution is 7.10. The quantitative estimate of drug-likeness (QED) is 0.389. The molecule has 3 aromatic rings. The predicted octanol–water partition coefficient (Wildman–Crippen LogP) is 5.58. The van der Waals surface area contributed by atoms with Crippen LogP contribution in [0.1, 0.15) is 34.1 Å². The average molecular weight is 434 g/mol. The molecule has 1 aliphatic rings. The molecular formula is C26H27NO3S. The Morgan fingerprint density at radius 2 is 1.90 bits per heavy atom. The lowest BCUT2D eigenvalue weighted by Crippen LogP contribution is -2.50. The van der Waals surface area contributed by atoms with Crippen molar-refractivity contribution < 1.29 is 14.3 Å². The summed E-state index contributed by atoms with van der Waals surface area (Å²) < 4.78 is 10.2. The molecule has 1 atom stereocenters. The molecule has 0 fully saturated rings. The molecule has 5 heteroatoms. The molecule has 2 aromatic carbocycles. The number of rotatable bonds is 5. The van der Waals surface area contributed by atoms with Crippen LogP contribution in [0.2, 0.25) is 0 Å². The molecule has 2 heterocycles. The van der Waals surface area contributed by atoms with E-state index in [9.17, 15) is 4.79 Å². The molecule has 0 bridgehead atoms. The van der Waals surface area contributed by atoms with Gasteiger partial charge in [-0.05, 0) is 72.2 Å². The van der Waals surface area contributed by atoms with E-state index in [1.54, 1.807) is 24.5 Å². The maximum absolute atomic E-state index is 11.4. The van der Waals surface area contributed by atoms with Gasteiger partial charge >= 0.3 is 5.97 Å². The molecule has 0 radical (unpaired) electrons. The third-order valence-electron chi connectivity index (χ3n) is 6.19. The lowest BCUT2D eigenvalue weighted by molar-refractivity contribution is -0.134. The lowest BCUT2D eigenvalue weighted by atomic mass is 9.76. The minimum absolute atomic E-state index is 0.323. The number of carbonyl (C=O) groups excluding carboxylic acids is 1. The van der Waals surface area contributed by atoms with Gasteiger partial charge < -0.3 is 14.4 Å². The van der Waals surface area contributed by atoms with Crippen molar-refractivity contribution in [3.8, 4) is 5.75 Å². The zero-order chi connectivity index (χ0) is 22.0. The second kappa shape index (κ2) is 8.60. The third kappa shape index (κ3) is 3.86. The summed E-state index contributed by atoms with van der Waals surface area (Å²) in [6, 6.07) is 17.1. The van der Waals surface area contributed by atoms with Gasteiger partial charge in [-0.15, -0.1) is 11.3 Å². The summed E-state index contributed by atoms with van der Waals surface area (Å²) in [6.07, 6.45) is 4.19. The smallest absolute Gasteiger partial charge is 0.330 e. The zero-order valence-electron chi connectivity index (χ0n) is 18.3. The first-order chi connectivity index (χ1) is 15.0. The van der Waals surface area contributed by atoms with Gasteiger partial charge in [0.15, 0.2) is 0 Å². The number of nitrogens with zero attached hydrogens (tertiary/aromatic N) is 1. The Hall–Kier alpha value is -3.05. The van der Waals surface area contributed by atoms with Crippen LogP contribution in [-0.2, 0) is 21.5 Å². The summed E-state index contributed by atoms with van der Waals surface area (Å²) in [7, 11) is 3.10. The average Bonchev–Trinajstić information content (AvgIpc) is 3.23. The van der Waals surface area contributed by atoms with Gasteiger partial charge in [0.2, 0.25) is 0 Å². The Bertz CT molecular complexity index is 1120. The molecule has 4 nitrogen and oxygen atoms in total. The van der Waals surface area contributed by atoms with Crippen molar-refractivity contribution in [1.82, 2.24) is 0 Å². The second-order valence-electron chi connectivity index (χ2n) is 7.84. The SMILES string of the molecule is COC(=O)C=Cc1ccc(C2(C)c3ccc(OC)cc3CCN2c2ccsc2C)cc1. The number of ether oxygens (including phenoxy) is 2. The van der Waals surface area contributed by atoms with E-state index in [0.717, 1.165) is 24.3 Å². The Morgan fingerprint density at radius 1 is 1.13 bits per heavy atom. The molecule has 160 valence electrons. The van der Waals surface area contributed by atoms with Crippen molar-refractivity contribution in [2.24, 2.45) is 0 Å². The number of esters is 1. The number of thiophene rings is 1. The van der Waals surface area contributed by atoms with Gasteiger partial charge in [0.25, 0.3) is 0 Å². The van der Waals surface area contributed by atoms with Crippen molar-refractivity contribution in [2.45, 2.75) is 25.8 Å². The van der Waals surface area contributed by atoms with Crippen LogP contribution in [0.25, 0.3) is 6.08 Å². The van der Waals surface area contributed by atoms with Crippen LogP contribution in [0.15, 0.2) is 60.0 Å². The fourth-order valence-electron chi connectivity index (χ4n) is 4.46. The molecule has 1 aromatic heterocycles. The third-order valence-corrected chi connectivity index (χ3v) is 7.02. The summed E-state index contributed by atoms with van der Waals surface area (Å²) in [4.78, 5) is 15.3. The monoisotopic (exact) mass is 433 g/mol. The Kier molecular flexibility index (Phi) is 5.88. The highest BCUT2D eigenvalue weighted by atomic mass is 32.1. The standard InChI is InChI=1S/C26H27NO3S/c1-18-24(14-16-31-18)27-15-13-20-17-22(29-3)10-11-23(20)26(27,2)21-8-5-19(6-9-21)7-12-25(28)30-4/h5-12,14,16-17H,13,15H2,1-4H3. The Balaban J connectivity index is 1.81. The predicted molar refractivity (Wildman–Crippen MR) is 127 cm³/mol. The second-order valence-corrected chi connectivity index (χ2v) is 8.96. The first-order valence-electron chi connectivity index (χ1n) is 10.3. The number of fused-ring (bicyclic) bond motifs is 1. The van der Waals surface area contributed by atoms with Crippen molar-refractivity contribution in [2.75, 3.05) is 25.7 Å². The number of carbonyl (C=O) groups is 1. The summed E-state index contributed by atoms with van der Waals surface area (Å²) in [5.41, 5.74) is 5.74. The van der Waals surface area contributed by atoms with Crippen LogP contribution in [0.5, 0.6) is 5.75 Å². The Labute approximate surface area is 187 Å². The van der Waals surface area contributed by atoms with E-state index in [4.69, 9.17) is 4.74 Å². The minimum Gasteiger partial charge on any atom is -0.497 e. The maximum Gasteiger partial charge on any atom is 0.330 e. The molecule has 0 saturated heterocycles. The van der Waals surface area contributed by atoms with Gasteiger partial charge in [-0.1, -0.05) is 30.3 Å². The molecule has 1 unspecified atom stereocenters. The van der Waals surface area contributed by atoms with Crippen molar-refractivity contribution >= 4 is 29.1 Å². The van der Waals surface area contributed by atoms with Crippen LogP contribution in [0.3, 0.4) is 0 Å². The summed E-state index contributed by atoms with van der Waals surface area (Å²) in [5, 5.41) is 2.16. The van der Waals surface area contributed by atoms with E-state index < -0.39 is 0 Å². The number of aryl methyl sites for hydroxylation is 1. The number of methoxy groups -OCH3 is 2. The van der Waals surface area contributed by atoms with Crippen molar-refractivity contribution in [3.05, 3.63) is 87.1 Å². The highest BCUT2D eigenvalue weighted by Gasteiger charge is 2.41. The highest BCUT2D eigenvalue weighted by Crippen LogP contribution is 2.45. The first kappa shape index (κ1) is 21.2. The van der Waals surface area contributed by atoms with E-state index in [1.807, 2.05) is 0 Å². The van der Waals surface area contributed by atoms with Crippen LogP contribution >= 0.6 is 11.3 Å². The number of anilines is 1. The van der Waals surface area contributed by atoms with Gasteiger partial charge in [-0.2, -0.15) is 0 Å². The van der Waals surface area contributed by atoms with Crippen molar-refractivity contribution in [3.63, 3.8) is 0 Å². The van der Waals surface area contributed by atoms with Gasteiger partial charge in [-0.25, -0.2) is 4.79 Å². The maximum atomic E-state index is 11.4. The minimum atomic E-state index is -0.356. The zero-order valence-corrected chi connectivity index (χ0v) is 19.2. The number of benzene rings is 2. The number of hydrogen-bond acceptors (Lipinski definition) is 5. The summed E-state index contributed by atoms with van der Waals surface area (Å²) in [5.74, 6) is 0.537. The lowest BCUT2D eigenvalue weighted by Gasteiger charge is -2.48. The van der Waals surface area contributed by atoms with Crippen LogP contribution < -0.4 is 9.64 Å². The van der Waals surface area contributed by atoms with Gasteiger partial charge in [0, 0.05) is 17.5 Å². The Morgan fingerprint density at radius 3 is 2.55 bits per heavy atom. The fourth-order valence-corrected chi connectivity index (χ4v) is 5.16. The van der Waals surface area contributed by atoms with Gasteiger partial charge in [0.05, 0.1) is 25.4 Å². The summed E-state index contributed by atoms with van der Waals surface area (Å²) in [6.45, 7) is 5.41. The van der Waals surface area contributed by atoms with E-state index in [2.05, 4.69) is 77.4 Å². The molecular weight excluding hydrogens is 406 g/mol. The first-order valence-corrected chi connectivity index (χ1v) is 11.2. The van der Waals surface area contributed by atoms with Crippen molar-refractivity contribution in [1.29, 1.82) is 0 Å². The molecule has 0 spiro atoms. The van der Waals surface area contributed by atoms with E-state index >= 15 is 0 Å². The summed E-state index contributed by atoms with van der Waals surface area (Å²) >= 11 is 1.78. The molecule has 0 N–H and O–H groups in total. The molecule has 0 amide bonds. The topological polar surface area (TPSA) is 38.8 Å². The molecule has 0 aliphatic carbocycles. The van der Waals surface area contributed by atoms with Crippen LogP contribution in [-0.4, -0.2) is 26.7 Å². The molecule has 31 heavy (non-hydrogen) atoms. The largest absolute Gasteiger partial charge is 0.497 e.